The minimum absolute atomic E-state index is 0.120. The van der Waals surface area contributed by atoms with Crippen molar-refractivity contribution in [3.05, 3.63) is 76.2 Å². The molecule has 0 aliphatic carbocycles. The first-order chi connectivity index (χ1) is 9.70. The summed E-state index contributed by atoms with van der Waals surface area (Å²) in [5.41, 5.74) is 1.14. The van der Waals surface area contributed by atoms with Gasteiger partial charge in [-0.15, -0.1) is 6.58 Å². The van der Waals surface area contributed by atoms with E-state index < -0.39 is 0 Å². The Bertz CT molecular complexity index is 622. The zero-order chi connectivity index (χ0) is 14.4. The Labute approximate surface area is 123 Å². The molecule has 1 aromatic carbocycles. The van der Waals surface area contributed by atoms with Crippen molar-refractivity contribution in [3.8, 4) is 0 Å². The van der Waals surface area contributed by atoms with Crippen molar-refractivity contribution < 1.29 is 0 Å². The summed E-state index contributed by atoms with van der Waals surface area (Å²) in [5.74, 6) is 0. The normalized spacial score (nSPS) is 12.1. The Morgan fingerprint density at radius 1 is 1.25 bits per heavy atom. The Hall–Kier alpha value is -1.87. The zero-order valence-electron chi connectivity index (χ0n) is 11.2. The van der Waals surface area contributed by atoms with Gasteiger partial charge in [-0.25, -0.2) is 4.68 Å². The third kappa shape index (κ3) is 3.81. The molecule has 0 spiro atoms. The lowest BCUT2D eigenvalue weighted by Crippen LogP contribution is -2.25. The smallest absolute Gasteiger partial charge is 0.267 e. The molecule has 2 aromatic rings. The molecular weight excluding hydrogens is 272 g/mol. The lowest BCUT2D eigenvalue weighted by Gasteiger charge is -2.14. The van der Waals surface area contributed by atoms with Gasteiger partial charge in [-0.05, 0) is 30.9 Å². The molecule has 20 heavy (non-hydrogen) atoms. The summed E-state index contributed by atoms with van der Waals surface area (Å²) in [6, 6.07) is 13.1. The summed E-state index contributed by atoms with van der Waals surface area (Å²) in [6.45, 7) is 3.79. The van der Waals surface area contributed by atoms with Crippen molar-refractivity contribution in [2.24, 2.45) is 0 Å². The average molecular weight is 289 g/mol. The van der Waals surface area contributed by atoms with E-state index in [1.54, 1.807) is 6.08 Å². The minimum atomic E-state index is -0.154. The highest BCUT2D eigenvalue weighted by Gasteiger charge is 2.10. The largest absolute Gasteiger partial charge is 0.268 e. The second-order valence-corrected chi connectivity index (χ2v) is 5.01. The molecule has 1 atom stereocenters. The Kier molecular flexibility index (Phi) is 5.13. The molecule has 1 aromatic heterocycles. The highest BCUT2D eigenvalue weighted by atomic mass is 35.5. The molecule has 0 radical (unpaired) electrons. The highest BCUT2D eigenvalue weighted by molar-refractivity contribution is 6.29. The van der Waals surface area contributed by atoms with E-state index in [0.717, 1.165) is 19.3 Å². The minimum Gasteiger partial charge on any atom is -0.268 e. The molecule has 0 unspecified atom stereocenters. The van der Waals surface area contributed by atoms with Crippen LogP contribution in [0.3, 0.4) is 0 Å². The van der Waals surface area contributed by atoms with E-state index in [2.05, 4.69) is 23.8 Å². The van der Waals surface area contributed by atoms with Crippen molar-refractivity contribution >= 4 is 11.6 Å². The number of allylic oxidation sites excluding steroid dienone is 1. The molecule has 0 aliphatic rings. The second kappa shape index (κ2) is 7.06. The van der Waals surface area contributed by atoms with Gasteiger partial charge in [0.25, 0.3) is 5.56 Å². The van der Waals surface area contributed by atoms with Gasteiger partial charge in [0.05, 0.1) is 6.04 Å². The van der Waals surface area contributed by atoms with Gasteiger partial charge in [0, 0.05) is 6.07 Å². The van der Waals surface area contributed by atoms with Crippen LogP contribution in [-0.2, 0) is 6.42 Å². The first kappa shape index (κ1) is 14.5. The molecule has 104 valence electrons. The summed E-state index contributed by atoms with van der Waals surface area (Å²) >= 11 is 5.84. The SMILES string of the molecule is C=C[C@H](CCCc1ccccc1)n1nc(Cl)ccc1=O. The average Bonchev–Trinajstić information content (AvgIpc) is 2.48. The lowest BCUT2D eigenvalue weighted by atomic mass is 10.0. The molecule has 0 aliphatic heterocycles. The number of hydrogen-bond donors (Lipinski definition) is 0. The molecule has 0 saturated heterocycles. The molecule has 0 amide bonds. The molecule has 0 saturated carbocycles. The number of rotatable bonds is 6. The van der Waals surface area contributed by atoms with Crippen LogP contribution in [0.4, 0.5) is 0 Å². The number of hydrogen-bond acceptors (Lipinski definition) is 2. The van der Waals surface area contributed by atoms with Gasteiger partial charge in [0.2, 0.25) is 0 Å². The van der Waals surface area contributed by atoms with Crippen LogP contribution in [0.2, 0.25) is 5.15 Å². The van der Waals surface area contributed by atoms with E-state index in [9.17, 15) is 4.79 Å². The Balaban J connectivity index is 2.01. The third-order valence-electron chi connectivity index (χ3n) is 3.19. The standard InChI is InChI=1S/C16H17ClN2O/c1-2-14(19-16(20)12-11-15(17)18-19)10-6-9-13-7-4-3-5-8-13/h2-5,7-8,11-12,14H,1,6,9-10H2/t14-/m1/s1. The van der Waals surface area contributed by atoms with Crippen LogP contribution in [0.15, 0.2) is 59.9 Å². The van der Waals surface area contributed by atoms with Gasteiger partial charge in [-0.2, -0.15) is 5.10 Å². The van der Waals surface area contributed by atoms with E-state index in [1.807, 2.05) is 18.2 Å². The van der Waals surface area contributed by atoms with Crippen molar-refractivity contribution in [1.82, 2.24) is 9.78 Å². The molecule has 0 bridgehead atoms. The number of aromatic nitrogens is 2. The Morgan fingerprint density at radius 3 is 2.70 bits per heavy atom. The van der Waals surface area contributed by atoms with Gasteiger partial charge in [-0.3, -0.25) is 4.79 Å². The van der Waals surface area contributed by atoms with E-state index >= 15 is 0 Å². The third-order valence-corrected chi connectivity index (χ3v) is 3.39. The molecular formula is C16H17ClN2O. The van der Waals surface area contributed by atoms with Crippen LogP contribution in [0, 0.1) is 0 Å². The van der Waals surface area contributed by atoms with Crippen LogP contribution < -0.4 is 5.56 Å². The maximum atomic E-state index is 11.8. The zero-order valence-corrected chi connectivity index (χ0v) is 12.0. The maximum Gasteiger partial charge on any atom is 0.267 e. The summed E-state index contributed by atoms with van der Waals surface area (Å²) < 4.78 is 1.40. The fourth-order valence-electron chi connectivity index (χ4n) is 2.14. The molecule has 4 heteroatoms. The van der Waals surface area contributed by atoms with Gasteiger partial charge in [0.1, 0.15) is 5.15 Å². The van der Waals surface area contributed by atoms with Crippen LogP contribution in [0.1, 0.15) is 24.4 Å². The molecule has 3 nitrogen and oxygen atoms in total. The predicted octanol–water partition coefficient (Wildman–Crippen LogP) is 3.65. The molecule has 0 N–H and O–H groups in total. The number of nitrogens with zero attached hydrogens (tertiary/aromatic N) is 2. The van der Waals surface area contributed by atoms with E-state index in [1.165, 1.54) is 22.4 Å². The fourth-order valence-corrected chi connectivity index (χ4v) is 2.28. The van der Waals surface area contributed by atoms with Crippen molar-refractivity contribution in [1.29, 1.82) is 0 Å². The quantitative estimate of drug-likeness (QED) is 0.761. The molecule has 2 rings (SSSR count). The fraction of sp³-hybridized carbons (Fsp3) is 0.250. The maximum absolute atomic E-state index is 11.8. The number of halogens is 1. The van der Waals surface area contributed by atoms with E-state index in [-0.39, 0.29) is 11.6 Å². The summed E-state index contributed by atoms with van der Waals surface area (Å²) in [7, 11) is 0. The van der Waals surface area contributed by atoms with Crippen LogP contribution >= 0.6 is 11.6 Å². The molecule has 0 fully saturated rings. The van der Waals surface area contributed by atoms with Gasteiger partial charge in [0.15, 0.2) is 0 Å². The van der Waals surface area contributed by atoms with Crippen LogP contribution in [0.25, 0.3) is 0 Å². The van der Waals surface area contributed by atoms with Gasteiger partial charge < -0.3 is 0 Å². The van der Waals surface area contributed by atoms with Crippen LogP contribution in [0.5, 0.6) is 0 Å². The lowest BCUT2D eigenvalue weighted by molar-refractivity contribution is 0.467. The van der Waals surface area contributed by atoms with Crippen molar-refractivity contribution in [2.45, 2.75) is 25.3 Å². The number of aryl methyl sites for hydroxylation is 1. The first-order valence-electron chi connectivity index (χ1n) is 6.62. The first-order valence-corrected chi connectivity index (χ1v) is 7.00. The van der Waals surface area contributed by atoms with Gasteiger partial charge in [-0.1, -0.05) is 48.0 Å². The summed E-state index contributed by atoms with van der Waals surface area (Å²) in [5, 5.41) is 4.39. The predicted molar refractivity (Wildman–Crippen MR) is 82.1 cm³/mol. The Morgan fingerprint density at radius 2 is 2.00 bits per heavy atom. The molecule has 1 heterocycles. The number of benzene rings is 1. The second-order valence-electron chi connectivity index (χ2n) is 4.62. The van der Waals surface area contributed by atoms with Gasteiger partial charge >= 0.3 is 0 Å². The van der Waals surface area contributed by atoms with Crippen molar-refractivity contribution in [3.63, 3.8) is 0 Å². The highest BCUT2D eigenvalue weighted by Crippen LogP contribution is 2.15. The summed E-state index contributed by atoms with van der Waals surface area (Å²) in [4.78, 5) is 11.8. The topological polar surface area (TPSA) is 34.9 Å². The van der Waals surface area contributed by atoms with Crippen LogP contribution in [-0.4, -0.2) is 9.78 Å². The van der Waals surface area contributed by atoms with E-state index in [0.29, 0.717) is 5.15 Å². The summed E-state index contributed by atoms with van der Waals surface area (Å²) in [6.07, 6.45) is 4.49. The van der Waals surface area contributed by atoms with Crippen molar-refractivity contribution in [2.75, 3.05) is 0 Å². The monoisotopic (exact) mass is 288 g/mol. The van der Waals surface area contributed by atoms with E-state index in [4.69, 9.17) is 11.6 Å².